The SMILES string of the molecule is CC1CCC(CNC2CC3CCC(C2)N3C)C1. The van der Waals surface area contributed by atoms with Gasteiger partial charge in [-0.3, -0.25) is 0 Å². The predicted molar refractivity (Wildman–Crippen MR) is 72.1 cm³/mol. The van der Waals surface area contributed by atoms with E-state index >= 15 is 0 Å². The van der Waals surface area contributed by atoms with Gasteiger partial charge in [-0.15, -0.1) is 0 Å². The molecule has 0 spiro atoms. The Kier molecular flexibility index (Phi) is 3.45. The second kappa shape index (κ2) is 4.89. The van der Waals surface area contributed by atoms with E-state index in [4.69, 9.17) is 0 Å². The minimum atomic E-state index is 0.819. The molecule has 4 unspecified atom stereocenters. The molecule has 0 aromatic heterocycles. The summed E-state index contributed by atoms with van der Waals surface area (Å²) in [6.07, 6.45) is 10.1. The highest BCUT2D eigenvalue weighted by molar-refractivity contribution is 4.96. The van der Waals surface area contributed by atoms with Crippen molar-refractivity contribution in [3.05, 3.63) is 0 Å². The summed E-state index contributed by atoms with van der Waals surface area (Å²) in [4.78, 5) is 2.63. The Morgan fingerprint density at radius 2 is 1.71 bits per heavy atom. The highest BCUT2D eigenvalue weighted by atomic mass is 15.2. The summed E-state index contributed by atoms with van der Waals surface area (Å²) in [5, 5.41) is 3.88. The van der Waals surface area contributed by atoms with Crippen molar-refractivity contribution in [2.24, 2.45) is 11.8 Å². The summed E-state index contributed by atoms with van der Waals surface area (Å²) in [5.41, 5.74) is 0. The van der Waals surface area contributed by atoms with Crippen molar-refractivity contribution in [1.29, 1.82) is 0 Å². The molecule has 1 aliphatic carbocycles. The van der Waals surface area contributed by atoms with Crippen LogP contribution in [0, 0.1) is 11.8 Å². The first-order valence-corrected chi connectivity index (χ1v) is 7.67. The van der Waals surface area contributed by atoms with Crippen molar-refractivity contribution in [1.82, 2.24) is 10.2 Å². The van der Waals surface area contributed by atoms with E-state index in [2.05, 4.69) is 24.2 Å². The Bertz CT molecular complexity index is 252. The summed E-state index contributed by atoms with van der Waals surface area (Å²) in [6.45, 7) is 3.70. The molecular formula is C15H28N2. The van der Waals surface area contributed by atoms with Crippen LogP contribution in [0.5, 0.6) is 0 Å². The first kappa shape index (κ1) is 12.0. The molecule has 1 saturated carbocycles. The summed E-state index contributed by atoms with van der Waals surface area (Å²) >= 11 is 0. The van der Waals surface area contributed by atoms with Crippen LogP contribution < -0.4 is 5.32 Å². The lowest BCUT2D eigenvalue weighted by molar-refractivity contribution is 0.146. The van der Waals surface area contributed by atoms with Gasteiger partial charge in [-0.05, 0) is 64.0 Å². The van der Waals surface area contributed by atoms with Gasteiger partial charge in [0.25, 0.3) is 0 Å². The lowest BCUT2D eigenvalue weighted by Crippen LogP contribution is -2.48. The molecule has 3 aliphatic rings. The van der Waals surface area contributed by atoms with Crippen LogP contribution in [0.3, 0.4) is 0 Å². The van der Waals surface area contributed by atoms with E-state index < -0.39 is 0 Å². The highest BCUT2D eigenvalue weighted by Crippen LogP contribution is 2.35. The molecule has 2 bridgehead atoms. The summed E-state index contributed by atoms with van der Waals surface area (Å²) < 4.78 is 0. The minimum Gasteiger partial charge on any atom is -0.314 e. The number of hydrogen-bond acceptors (Lipinski definition) is 2. The number of hydrogen-bond donors (Lipinski definition) is 1. The lowest BCUT2D eigenvalue weighted by Gasteiger charge is -2.37. The topological polar surface area (TPSA) is 15.3 Å². The first-order chi connectivity index (χ1) is 8.22. The number of fused-ring (bicyclic) bond motifs is 2. The summed E-state index contributed by atoms with van der Waals surface area (Å²) in [6, 6.07) is 2.59. The summed E-state index contributed by atoms with van der Waals surface area (Å²) in [7, 11) is 2.33. The van der Waals surface area contributed by atoms with Crippen LogP contribution in [0.25, 0.3) is 0 Å². The third kappa shape index (κ3) is 2.53. The van der Waals surface area contributed by atoms with Gasteiger partial charge in [-0.25, -0.2) is 0 Å². The van der Waals surface area contributed by atoms with Crippen LogP contribution in [0.1, 0.15) is 51.9 Å². The molecule has 2 heterocycles. The van der Waals surface area contributed by atoms with E-state index in [1.807, 2.05) is 0 Å². The van der Waals surface area contributed by atoms with E-state index in [0.29, 0.717) is 0 Å². The summed E-state index contributed by atoms with van der Waals surface area (Å²) in [5.74, 6) is 1.96. The zero-order valence-electron chi connectivity index (χ0n) is 11.5. The normalized spacial score (nSPS) is 46.6. The van der Waals surface area contributed by atoms with Gasteiger partial charge < -0.3 is 10.2 Å². The molecule has 0 aromatic carbocycles. The van der Waals surface area contributed by atoms with Gasteiger partial charge in [0, 0.05) is 18.1 Å². The van der Waals surface area contributed by atoms with Gasteiger partial charge in [0.1, 0.15) is 0 Å². The Morgan fingerprint density at radius 3 is 2.29 bits per heavy atom. The van der Waals surface area contributed by atoms with Crippen LogP contribution in [0.2, 0.25) is 0 Å². The largest absolute Gasteiger partial charge is 0.314 e. The van der Waals surface area contributed by atoms with Crippen LogP contribution in [0.15, 0.2) is 0 Å². The molecule has 1 N–H and O–H groups in total. The van der Waals surface area contributed by atoms with E-state index in [0.717, 1.165) is 30.0 Å². The molecule has 3 fully saturated rings. The number of nitrogens with one attached hydrogen (secondary N) is 1. The van der Waals surface area contributed by atoms with Crippen molar-refractivity contribution in [3.8, 4) is 0 Å². The Balaban J connectivity index is 1.44. The molecule has 2 nitrogen and oxygen atoms in total. The van der Waals surface area contributed by atoms with Crippen molar-refractivity contribution >= 4 is 0 Å². The smallest absolute Gasteiger partial charge is 0.0111 e. The molecule has 2 heteroatoms. The van der Waals surface area contributed by atoms with Crippen LogP contribution >= 0.6 is 0 Å². The number of rotatable bonds is 3. The van der Waals surface area contributed by atoms with Crippen LogP contribution in [-0.4, -0.2) is 36.6 Å². The fourth-order valence-electron chi connectivity index (χ4n) is 4.42. The maximum absolute atomic E-state index is 3.88. The highest BCUT2D eigenvalue weighted by Gasteiger charge is 2.38. The first-order valence-electron chi connectivity index (χ1n) is 7.67. The van der Waals surface area contributed by atoms with Gasteiger partial charge >= 0.3 is 0 Å². The maximum Gasteiger partial charge on any atom is 0.0111 e. The maximum atomic E-state index is 3.88. The fourth-order valence-corrected chi connectivity index (χ4v) is 4.42. The minimum absolute atomic E-state index is 0.819. The third-order valence-corrected chi connectivity index (χ3v) is 5.60. The van der Waals surface area contributed by atoms with Crippen LogP contribution in [0.4, 0.5) is 0 Å². The monoisotopic (exact) mass is 236 g/mol. The molecule has 0 amide bonds. The Hall–Kier alpha value is -0.0800. The van der Waals surface area contributed by atoms with Gasteiger partial charge in [-0.1, -0.05) is 13.3 Å². The lowest BCUT2D eigenvalue weighted by atomic mass is 9.97. The van der Waals surface area contributed by atoms with Crippen molar-refractivity contribution in [2.75, 3.05) is 13.6 Å². The molecule has 0 radical (unpaired) electrons. The number of nitrogens with zero attached hydrogens (tertiary/aromatic N) is 1. The Morgan fingerprint density at radius 1 is 1.00 bits per heavy atom. The molecule has 3 rings (SSSR count). The zero-order chi connectivity index (χ0) is 11.8. The molecule has 2 saturated heterocycles. The van der Waals surface area contributed by atoms with E-state index in [-0.39, 0.29) is 0 Å². The third-order valence-electron chi connectivity index (χ3n) is 5.60. The quantitative estimate of drug-likeness (QED) is 0.810. The van der Waals surface area contributed by atoms with E-state index in [9.17, 15) is 0 Å². The van der Waals surface area contributed by atoms with E-state index in [1.165, 1.54) is 51.5 Å². The van der Waals surface area contributed by atoms with Crippen molar-refractivity contribution < 1.29 is 0 Å². The molecule has 2 aliphatic heterocycles. The van der Waals surface area contributed by atoms with Gasteiger partial charge in [0.05, 0.1) is 0 Å². The van der Waals surface area contributed by atoms with E-state index in [1.54, 1.807) is 0 Å². The molecule has 17 heavy (non-hydrogen) atoms. The molecular weight excluding hydrogens is 208 g/mol. The average molecular weight is 236 g/mol. The predicted octanol–water partition coefficient (Wildman–Crippen LogP) is 2.64. The number of piperidine rings is 1. The fraction of sp³-hybridized carbons (Fsp3) is 1.00. The average Bonchev–Trinajstić information content (AvgIpc) is 2.78. The van der Waals surface area contributed by atoms with Gasteiger partial charge in [-0.2, -0.15) is 0 Å². The second-order valence-corrected chi connectivity index (χ2v) is 6.91. The van der Waals surface area contributed by atoms with Crippen molar-refractivity contribution in [2.45, 2.75) is 70.0 Å². The second-order valence-electron chi connectivity index (χ2n) is 6.91. The zero-order valence-corrected chi connectivity index (χ0v) is 11.5. The standard InChI is InChI=1S/C15H28N2/c1-11-3-4-12(7-11)10-16-13-8-14-5-6-15(9-13)17(14)2/h11-16H,3-10H2,1-2H3. The molecule has 4 atom stereocenters. The Labute approximate surface area is 106 Å². The van der Waals surface area contributed by atoms with Gasteiger partial charge in [0.2, 0.25) is 0 Å². The van der Waals surface area contributed by atoms with Crippen LogP contribution in [-0.2, 0) is 0 Å². The van der Waals surface area contributed by atoms with Gasteiger partial charge in [0.15, 0.2) is 0 Å². The molecule has 0 aromatic rings. The van der Waals surface area contributed by atoms with Crippen molar-refractivity contribution in [3.63, 3.8) is 0 Å². The molecule has 98 valence electrons.